The Morgan fingerprint density at radius 3 is 2.37 bits per heavy atom. The predicted octanol–water partition coefficient (Wildman–Crippen LogP) is 2.43. The molecule has 3 N–H and O–H groups in total. The van der Waals surface area contributed by atoms with Crippen molar-refractivity contribution in [3.05, 3.63) is 59.7 Å². The number of hydrazine groups is 1. The van der Waals surface area contributed by atoms with Gasteiger partial charge in [-0.2, -0.15) is 0 Å². The van der Waals surface area contributed by atoms with E-state index in [0.29, 0.717) is 29.2 Å². The Kier molecular flexibility index (Phi) is 7.57. The minimum atomic E-state index is -0.443. The average molecular weight is 387 g/mol. The molecule has 0 saturated carbocycles. The number of ether oxygens (including phenoxy) is 2. The minimum Gasteiger partial charge on any atom is -0.496 e. The molecule has 27 heavy (non-hydrogen) atoms. The number of thiocarbonyl (C=S) groups is 1. The Hall–Kier alpha value is -3.13. The van der Waals surface area contributed by atoms with Gasteiger partial charge in [0.15, 0.2) is 5.11 Å². The molecule has 0 saturated heterocycles. The Balaban J connectivity index is 1.86. The van der Waals surface area contributed by atoms with Crippen molar-refractivity contribution < 1.29 is 19.1 Å². The number of methoxy groups -OCH3 is 1. The molecular formula is C19H21N3O4S. The van der Waals surface area contributed by atoms with E-state index in [4.69, 9.17) is 21.7 Å². The molecule has 0 atom stereocenters. The molecule has 0 unspecified atom stereocenters. The molecule has 8 heteroatoms. The summed E-state index contributed by atoms with van der Waals surface area (Å²) in [6, 6.07) is 13.4. The fraction of sp³-hybridized carbons (Fsp3) is 0.211. The highest BCUT2D eigenvalue weighted by atomic mass is 32.1. The van der Waals surface area contributed by atoms with E-state index in [2.05, 4.69) is 16.2 Å². The fourth-order valence-electron chi connectivity index (χ4n) is 2.14. The van der Waals surface area contributed by atoms with E-state index in [1.165, 1.54) is 7.11 Å². The van der Waals surface area contributed by atoms with Crippen LogP contribution in [0.1, 0.15) is 34.1 Å². The normalized spacial score (nSPS) is 9.85. The van der Waals surface area contributed by atoms with Crippen molar-refractivity contribution in [2.24, 2.45) is 0 Å². The highest BCUT2D eigenvalue weighted by molar-refractivity contribution is 7.80. The van der Waals surface area contributed by atoms with Crippen LogP contribution in [-0.2, 0) is 0 Å². The number of rotatable bonds is 6. The standard InChI is InChI=1S/C19H21N3O4S/c1-3-12-26-14-10-8-13(9-11-14)17(23)20-19(27)22-21-18(24)15-6-4-5-7-16(15)25-2/h4-11H,3,12H2,1-2H3,(H,21,24)(H2,20,22,23,27). The van der Waals surface area contributed by atoms with E-state index in [9.17, 15) is 9.59 Å². The van der Waals surface area contributed by atoms with Crippen molar-refractivity contribution in [2.45, 2.75) is 13.3 Å². The molecule has 0 bridgehead atoms. The molecule has 0 fully saturated rings. The van der Waals surface area contributed by atoms with Crippen LogP contribution >= 0.6 is 12.2 Å². The smallest absolute Gasteiger partial charge is 0.273 e. The third kappa shape index (κ3) is 5.96. The summed E-state index contributed by atoms with van der Waals surface area (Å²) in [6.45, 7) is 2.63. The predicted molar refractivity (Wildman–Crippen MR) is 106 cm³/mol. The lowest BCUT2D eigenvalue weighted by atomic mass is 10.2. The summed E-state index contributed by atoms with van der Waals surface area (Å²) in [5, 5.41) is 2.46. The lowest BCUT2D eigenvalue weighted by Crippen LogP contribution is -2.48. The minimum absolute atomic E-state index is 0.0328. The Labute approximate surface area is 163 Å². The van der Waals surface area contributed by atoms with E-state index < -0.39 is 11.8 Å². The van der Waals surface area contributed by atoms with Crippen molar-refractivity contribution in [3.63, 3.8) is 0 Å². The van der Waals surface area contributed by atoms with Crippen LogP contribution in [0, 0.1) is 0 Å². The SMILES string of the molecule is CCCOc1ccc(C(=O)NC(=S)NNC(=O)c2ccccc2OC)cc1. The largest absolute Gasteiger partial charge is 0.496 e. The second kappa shape index (κ2) is 10.1. The molecule has 0 radical (unpaired) electrons. The van der Waals surface area contributed by atoms with Crippen molar-refractivity contribution in [1.29, 1.82) is 0 Å². The van der Waals surface area contributed by atoms with Crippen LogP contribution in [0.2, 0.25) is 0 Å². The molecule has 142 valence electrons. The molecule has 0 aliphatic heterocycles. The molecule has 2 aromatic carbocycles. The van der Waals surface area contributed by atoms with Crippen LogP contribution in [0.4, 0.5) is 0 Å². The average Bonchev–Trinajstić information content (AvgIpc) is 2.70. The first-order valence-electron chi connectivity index (χ1n) is 8.32. The lowest BCUT2D eigenvalue weighted by Gasteiger charge is -2.12. The lowest BCUT2D eigenvalue weighted by molar-refractivity contribution is 0.0932. The van der Waals surface area contributed by atoms with Crippen LogP contribution in [0.25, 0.3) is 0 Å². The third-order valence-corrected chi connectivity index (χ3v) is 3.66. The molecule has 2 aromatic rings. The monoisotopic (exact) mass is 387 g/mol. The molecule has 2 amide bonds. The Morgan fingerprint density at radius 1 is 1.00 bits per heavy atom. The molecule has 0 spiro atoms. The molecule has 0 aliphatic carbocycles. The summed E-state index contributed by atoms with van der Waals surface area (Å²) in [7, 11) is 1.48. The zero-order valence-electron chi connectivity index (χ0n) is 15.1. The number of hydrogen-bond acceptors (Lipinski definition) is 5. The van der Waals surface area contributed by atoms with E-state index in [-0.39, 0.29) is 5.11 Å². The van der Waals surface area contributed by atoms with Crippen LogP contribution in [-0.4, -0.2) is 30.6 Å². The number of hydrogen-bond donors (Lipinski definition) is 3. The van der Waals surface area contributed by atoms with Crippen LogP contribution < -0.4 is 25.6 Å². The van der Waals surface area contributed by atoms with Gasteiger partial charge in [0.05, 0.1) is 19.3 Å². The van der Waals surface area contributed by atoms with E-state index >= 15 is 0 Å². The quantitative estimate of drug-likeness (QED) is 0.521. The number of para-hydroxylation sites is 1. The van der Waals surface area contributed by atoms with Gasteiger partial charge < -0.3 is 9.47 Å². The van der Waals surface area contributed by atoms with Crippen LogP contribution in [0.15, 0.2) is 48.5 Å². The highest BCUT2D eigenvalue weighted by Crippen LogP contribution is 2.16. The summed E-state index contributed by atoms with van der Waals surface area (Å²) in [5.41, 5.74) is 5.66. The van der Waals surface area contributed by atoms with E-state index in [1.807, 2.05) is 6.92 Å². The number of carbonyl (C=O) groups is 2. The Morgan fingerprint density at radius 2 is 1.70 bits per heavy atom. The molecular weight excluding hydrogens is 366 g/mol. The zero-order valence-corrected chi connectivity index (χ0v) is 15.9. The van der Waals surface area contributed by atoms with Crippen LogP contribution in [0.5, 0.6) is 11.5 Å². The molecule has 2 rings (SSSR count). The summed E-state index contributed by atoms with van der Waals surface area (Å²) in [6.07, 6.45) is 0.906. The van der Waals surface area contributed by atoms with Gasteiger partial charge in [0.25, 0.3) is 11.8 Å². The maximum absolute atomic E-state index is 12.2. The first-order valence-corrected chi connectivity index (χ1v) is 8.73. The van der Waals surface area contributed by atoms with Gasteiger partial charge in [0, 0.05) is 5.56 Å². The van der Waals surface area contributed by atoms with Crippen molar-refractivity contribution in [2.75, 3.05) is 13.7 Å². The number of amides is 2. The number of carbonyl (C=O) groups excluding carboxylic acids is 2. The fourth-order valence-corrected chi connectivity index (χ4v) is 2.29. The maximum atomic E-state index is 12.2. The summed E-state index contributed by atoms with van der Waals surface area (Å²) >= 11 is 5.03. The van der Waals surface area contributed by atoms with Crippen molar-refractivity contribution in [1.82, 2.24) is 16.2 Å². The topological polar surface area (TPSA) is 88.7 Å². The van der Waals surface area contributed by atoms with Crippen molar-refractivity contribution >= 4 is 29.1 Å². The zero-order chi connectivity index (χ0) is 19.6. The molecule has 0 heterocycles. The summed E-state index contributed by atoms with van der Waals surface area (Å²) in [4.78, 5) is 24.4. The first-order chi connectivity index (χ1) is 13.0. The number of nitrogens with one attached hydrogen (secondary N) is 3. The van der Waals surface area contributed by atoms with Gasteiger partial charge in [-0.25, -0.2) is 0 Å². The molecule has 7 nitrogen and oxygen atoms in total. The van der Waals surface area contributed by atoms with Crippen molar-refractivity contribution in [3.8, 4) is 11.5 Å². The highest BCUT2D eigenvalue weighted by Gasteiger charge is 2.12. The number of benzene rings is 2. The van der Waals surface area contributed by atoms with E-state index in [0.717, 1.165) is 6.42 Å². The third-order valence-electron chi connectivity index (χ3n) is 3.46. The van der Waals surface area contributed by atoms with Gasteiger partial charge in [0.2, 0.25) is 0 Å². The second-order valence-electron chi connectivity index (χ2n) is 5.44. The van der Waals surface area contributed by atoms with Gasteiger partial charge >= 0.3 is 0 Å². The van der Waals surface area contributed by atoms with Gasteiger partial charge in [-0.3, -0.25) is 25.8 Å². The summed E-state index contributed by atoms with van der Waals surface area (Å²) in [5.74, 6) is 0.276. The van der Waals surface area contributed by atoms with Crippen LogP contribution in [0.3, 0.4) is 0 Å². The van der Waals surface area contributed by atoms with Gasteiger partial charge in [-0.15, -0.1) is 0 Å². The van der Waals surface area contributed by atoms with Gasteiger partial charge in [0.1, 0.15) is 11.5 Å². The van der Waals surface area contributed by atoms with E-state index in [1.54, 1.807) is 48.5 Å². The second-order valence-corrected chi connectivity index (χ2v) is 5.84. The Bertz CT molecular complexity index is 809. The van der Waals surface area contributed by atoms with Gasteiger partial charge in [-0.1, -0.05) is 19.1 Å². The molecule has 0 aromatic heterocycles. The molecule has 0 aliphatic rings. The first kappa shape index (κ1) is 20.2. The van der Waals surface area contributed by atoms with Gasteiger partial charge in [-0.05, 0) is 55.0 Å². The maximum Gasteiger partial charge on any atom is 0.273 e. The summed E-state index contributed by atoms with van der Waals surface area (Å²) < 4.78 is 10.6.